The topological polar surface area (TPSA) is 55.4 Å². The zero-order chi connectivity index (χ0) is 34.2. The number of benzene rings is 5. The first-order chi connectivity index (χ1) is 24.5. The molecular weight excluding hydrogens is 648 g/mol. The molecule has 50 heavy (non-hydrogen) atoms. The van der Waals surface area contributed by atoms with Gasteiger partial charge in [-0.1, -0.05) is 121 Å². The van der Waals surface area contributed by atoms with Crippen molar-refractivity contribution in [1.29, 1.82) is 0 Å². The number of fused-ring (bicyclic) bond motifs is 2. The second-order valence-electron chi connectivity index (χ2n) is 13.0. The molecule has 7 heteroatoms. The van der Waals surface area contributed by atoms with E-state index in [2.05, 4.69) is 54.6 Å². The van der Waals surface area contributed by atoms with Crippen LogP contribution < -0.4 is 4.74 Å². The number of hydrogen-bond acceptors (Lipinski definition) is 6. The Bertz CT molecular complexity index is 1800. The average molecular weight is 691 g/mol. The van der Waals surface area contributed by atoms with Gasteiger partial charge in [0.25, 0.3) is 0 Å². The quantitative estimate of drug-likeness (QED) is 0.109. The number of halogens is 1. The summed E-state index contributed by atoms with van der Waals surface area (Å²) in [6, 6.07) is 44.7. The van der Waals surface area contributed by atoms with Crippen molar-refractivity contribution < 1.29 is 28.4 Å². The fourth-order valence-corrected chi connectivity index (χ4v) is 7.07. The Morgan fingerprint density at radius 3 is 1.96 bits per heavy atom. The fourth-order valence-electron chi connectivity index (χ4n) is 6.89. The van der Waals surface area contributed by atoms with Gasteiger partial charge in [0.2, 0.25) is 0 Å². The standard InChI is InChI=1S/C43H43ClO6/c1-2-46-38-21-18-32(19-22-38)24-36-25-37(20-23-39(36)44)43-26-40(47-28-34-14-8-4-9-15-34)41(48-29-35-16-10-5-11-17-35)42(50-43,31-49-43)30-45-27-33-12-6-3-7-13-33/h3-23,25,40-41H,2,24,26-31H2,1H3/t40-,41+,42?,43?/m1/s1. The van der Waals surface area contributed by atoms with Crippen molar-refractivity contribution in [3.8, 4) is 5.75 Å². The van der Waals surface area contributed by atoms with Gasteiger partial charge in [-0.3, -0.25) is 0 Å². The Morgan fingerprint density at radius 1 is 0.700 bits per heavy atom. The third-order valence-electron chi connectivity index (χ3n) is 9.40. The summed E-state index contributed by atoms with van der Waals surface area (Å²) in [6.07, 6.45) is 0.260. The van der Waals surface area contributed by atoms with E-state index in [1.54, 1.807) is 0 Å². The van der Waals surface area contributed by atoms with Gasteiger partial charge in [0, 0.05) is 17.0 Å². The summed E-state index contributed by atoms with van der Waals surface area (Å²) >= 11 is 6.82. The van der Waals surface area contributed by atoms with Crippen molar-refractivity contribution in [2.75, 3.05) is 19.8 Å². The molecule has 2 saturated heterocycles. The maximum Gasteiger partial charge on any atom is 0.198 e. The molecule has 0 aliphatic carbocycles. The molecule has 2 bridgehead atoms. The molecule has 2 aliphatic rings. The Kier molecular flexibility index (Phi) is 11.0. The molecule has 2 heterocycles. The Balaban J connectivity index is 1.20. The third-order valence-corrected chi connectivity index (χ3v) is 9.76. The van der Waals surface area contributed by atoms with Gasteiger partial charge >= 0.3 is 0 Å². The van der Waals surface area contributed by atoms with Crippen molar-refractivity contribution in [1.82, 2.24) is 0 Å². The summed E-state index contributed by atoms with van der Waals surface area (Å²) in [7, 11) is 0. The lowest BCUT2D eigenvalue weighted by molar-refractivity contribution is -0.301. The van der Waals surface area contributed by atoms with Crippen LogP contribution >= 0.6 is 11.6 Å². The van der Waals surface area contributed by atoms with Crippen LogP contribution in [0.4, 0.5) is 0 Å². The van der Waals surface area contributed by atoms with E-state index < -0.39 is 17.5 Å². The smallest absolute Gasteiger partial charge is 0.198 e. The molecule has 2 aliphatic heterocycles. The SMILES string of the molecule is CCOc1ccc(Cc2cc(C34C[C@@H](OCc5ccccc5)[C@H](OCc5ccccc5)C(COCc5ccccc5)(CO3)O4)ccc2Cl)cc1. The van der Waals surface area contributed by atoms with Crippen LogP contribution in [0.3, 0.4) is 0 Å². The van der Waals surface area contributed by atoms with Crippen LogP contribution in [-0.2, 0) is 55.7 Å². The summed E-state index contributed by atoms with van der Waals surface area (Å²) in [5, 5.41) is 0.686. The highest BCUT2D eigenvalue weighted by molar-refractivity contribution is 6.31. The molecule has 2 fully saturated rings. The minimum atomic E-state index is -1.08. The van der Waals surface area contributed by atoms with Crippen LogP contribution in [-0.4, -0.2) is 37.6 Å². The summed E-state index contributed by atoms with van der Waals surface area (Å²) < 4.78 is 39.6. The first kappa shape index (κ1) is 34.4. The lowest BCUT2D eigenvalue weighted by Gasteiger charge is -2.47. The van der Waals surface area contributed by atoms with Crippen LogP contribution in [0, 0.1) is 0 Å². The normalized spacial score (nSPS) is 22.8. The second-order valence-corrected chi connectivity index (χ2v) is 13.4. The van der Waals surface area contributed by atoms with Crippen LogP contribution in [0.15, 0.2) is 133 Å². The lowest BCUT2D eigenvalue weighted by atomic mass is 9.85. The van der Waals surface area contributed by atoms with Gasteiger partial charge in [0.1, 0.15) is 17.5 Å². The van der Waals surface area contributed by atoms with E-state index in [4.69, 9.17) is 40.0 Å². The minimum absolute atomic E-state index is 0.265. The van der Waals surface area contributed by atoms with Crippen molar-refractivity contribution in [2.45, 2.75) is 63.2 Å². The summed E-state index contributed by atoms with van der Waals surface area (Å²) in [4.78, 5) is 0. The van der Waals surface area contributed by atoms with E-state index in [1.165, 1.54) is 0 Å². The zero-order valence-corrected chi connectivity index (χ0v) is 29.1. The van der Waals surface area contributed by atoms with Gasteiger partial charge in [-0.25, -0.2) is 0 Å². The number of ether oxygens (including phenoxy) is 6. The monoisotopic (exact) mass is 690 g/mol. The Morgan fingerprint density at radius 2 is 1.32 bits per heavy atom. The van der Waals surface area contributed by atoms with Gasteiger partial charge in [-0.05, 0) is 65.4 Å². The van der Waals surface area contributed by atoms with Crippen molar-refractivity contribution >= 4 is 11.6 Å². The molecule has 0 saturated carbocycles. The fraction of sp³-hybridized carbons (Fsp3) is 0.302. The van der Waals surface area contributed by atoms with E-state index in [-0.39, 0.29) is 19.3 Å². The first-order valence-corrected chi connectivity index (χ1v) is 17.7. The summed E-state index contributed by atoms with van der Waals surface area (Å²) in [6.45, 7) is 4.42. The molecule has 2 unspecified atom stereocenters. The van der Waals surface area contributed by atoms with E-state index in [9.17, 15) is 0 Å². The molecule has 0 radical (unpaired) electrons. The predicted molar refractivity (Wildman–Crippen MR) is 194 cm³/mol. The predicted octanol–water partition coefficient (Wildman–Crippen LogP) is 9.06. The van der Waals surface area contributed by atoms with Crippen LogP contribution in [0.2, 0.25) is 5.02 Å². The molecule has 7 rings (SSSR count). The maximum atomic E-state index is 7.16. The maximum absolute atomic E-state index is 7.16. The Hall–Kier alpha value is -4.01. The third kappa shape index (κ3) is 7.97. The van der Waals surface area contributed by atoms with Crippen LogP contribution in [0.25, 0.3) is 0 Å². The molecule has 258 valence electrons. The largest absolute Gasteiger partial charge is 0.494 e. The molecule has 0 amide bonds. The lowest BCUT2D eigenvalue weighted by Crippen LogP contribution is -2.61. The highest BCUT2D eigenvalue weighted by atomic mass is 35.5. The number of rotatable bonds is 15. The molecule has 6 nitrogen and oxygen atoms in total. The molecule has 0 N–H and O–H groups in total. The minimum Gasteiger partial charge on any atom is -0.494 e. The van der Waals surface area contributed by atoms with E-state index in [0.29, 0.717) is 44.3 Å². The van der Waals surface area contributed by atoms with Crippen LogP contribution in [0.5, 0.6) is 5.75 Å². The average Bonchev–Trinajstić information content (AvgIpc) is 3.47. The van der Waals surface area contributed by atoms with Crippen LogP contribution in [0.1, 0.15) is 46.7 Å². The molecule has 5 aromatic carbocycles. The van der Waals surface area contributed by atoms with Gasteiger partial charge < -0.3 is 28.4 Å². The highest BCUT2D eigenvalue weighted by Gasteiger charge is 2.64. The molecule has 4 atom stereocenters. The van der Waals surface area contributed by atoms with Crippen molar-refractivity contribution in [2.24, 2.45) is 0 Å². The highest BCUT2D eigenvalue weighted by Crippen LogP contribution is 2.52. The summed E-state index contributed by atoms with van der Waals surface area (Å²) in [5.74, 6) is -0.233. The number of hydrogen-bond donors (Lipinski definition) is 0. The first-order valence-electron chi connectivity index (χ1n) is 17.3. The summed E-state index contributed by atoms with van der Waals surface area (Å²) in [5.41, 5.74) is 5.31. The van der Waals surface area contributed by atoms with Gasteiger partial charge in [-0.15, -0.1) is 0 Å². The van der Waals surface area contributed by atoms with E-state index >= 15 is 0 Å². The van der Waals surface area contributed by atoms with Gasteiger partial charge in [0.15, 0.2) is 5.79 Å². The van der Waals surface area contributed by atoms with Gasteiger partial charge in [-0.2, -0.15) is 0 Å². The van der Waals surface area contributed by atoms with Crippen molar-refractivity contribution in [3.05, 3.63) is 172 Å². The zero-order valence-electron chi connectivity index (χ0n) is 28.3. The second kappa shape index (κ2) is 15.9. The van der Waals surface area contributed by atoms with E-state index in [1.807, 2.05) is 85.8 Å². The van der Waals surface area contributed by atoms with Gasteiger partial charge in [0.05, 0.1) is 45.7 Å². The van der Waals surface area contributed by atoms with E-state index in [0.717, 1.165) is 39.1 Å². The molecule has 5 aromatic rings. The molecule has 0 aromatic heterocycles. The Labute approximate surface area is 299 Å². The molecular formula is C43H43ClO6. The molecule has 0 spiro atoms. The van der Waals surface area contributed by atoms with Crippen molar-refractivity contribution in [3.63, 3.8) is 0 Å².